The fraction of sp³-hybridized carbons (Fsp3) is 0.261. The van der Waals surface area contributed by atoms with Gasteiger partial charge in [-0.05, 0) is 23.9 Å². The lowest BCUT2D eigenvalue weighted by Crippen LogP contribution is -2.31. The predicted molar refractivity (Wildman–Crippen MR) is 116 cm³/mol. The highest BCUT2D eigenvalue weighted by molar-refractivity contribution is 7.10. The highest BCUT2D eigenvalue weighted by atomic mass is 32.1. The maximum absolute atomic E-state index is 13.3. The van der Waals surface area contributed by atoms with Crippen molar-refractivity contribution in [2.45, 2.75) is 19.9 Å². The SMILES string of the molecule is COc1cc(N(Cc2cccc(C)c2)C(=O)Cc2cccs2)cc(OC)c1OC. The number of aryl methyl sites for hydroxylation is 1. The van der Waals surface area contributed by atoms with Crippen molar-refractivity contribution >= 4 is 22.9 Å². The molecule has 0 aliphatic heterocycles. The van der Waals surface area contributed by atoms with Crippen LogP contribution >= 0.6 is 11.3 Å². The third kappa shape index (κ3) is 4.90. The molecule has 1 amide bonds. The molecule has 0 atom stereocenters. The molecule has 152 valence electrons. The quantitative estimate of drug-likeness (QED) is 0.531. The van der Waals surface area contributed by atoms with Crippen LogP contribution in [0, 0.1) is 6.92 Å². The number of hydrogen-bond donors (Lipinski definition) is 0. The number of amides is 1. The van der Waals surface area contributed by atoms with E-state index in [0.717, 1.165) is 16.0 Å². The number of ether oxygens (including phenoxy) is 3. The zero-order valence-electron chi connectivity index (χ0n) is 17.1. The van der Waals surface area contributed by atoms with Crippen molar-refractivity contribution in [1.29, 1.82) is 0 Å². The van der Waals surface area contributed by atoms with E-state index < -0.39 is 0 Å². The van der Waals surface area contributed by atoms with Gasteiger partial charge >= 0.3 is 0 Å². The summed E-state index contributed by atoms with van der Waals surface area (Å²) in [5.74, 6) is 1.53. The van der Waals surface area contributed by atoms with Gasteiger partial charge in [-0.2, -0.15) is 0 Å². The van der Waals surface area contributed by atoms with Crippen molar-refractivity contribution in [3.63, 3.8) is 0 Å². The van der Waals surface area contributed by atoms with Crippen molar-refractivity contribution in [2.75, 3.05) is 26.2 Å². The number of methoxy groups -OCH3 is 3. The summed E-state index contributed by atoms with van der Waals surface area (Å²) in [6, 6.07) is 15.7. The van der Waals surface area contributed by atoms with E-state index in [-0.39, 0.29) is 5.91 Å². The van der Waals surface area contributed by atoms with Gasteiger partial charge in [0, 0.05) is 17.0 Å². The number of thiophene rings is 1. The average Bonchev–Trinajstić information content (AvgIpc) is 3.23. The fourth-order valence-electron chi connectivity index (χ4n) is 3.20. The van der Waals surface area contributed by atoms with E-state index >= 15 is 0 Å². The van der Waals surface area contributed by atoms with Crippen molar-refractivity contribution < 1.29 is 19.0 Å². The minimum Gasteiger partial charge on any atom is -0.493 e. The normalized spacial score (nSPS) is 10.5. The van der Waals surface area contributed by atoms with Gasteiger partial charge in [-0.25, -0.2) is 0 Å². The Morgan fingerprint density at radius 2 is 1.69 bits per heavy atom. The molecule has 1 aromatic heterocycles. The minimum atomic E-state index is 0.00299. The van der Waals surface area contributed by atoms with Gasteiger partial charge in [0.25, 0.3) is 0 Å². The molecule has 0 spiro atoms. The smallest absolute Gasteiger partial charge is 0.232 e. The molecular formula is C23H25NO4S. The van der Waals surface area contributed by atoms with Crippen LogP contribution in [-0.2, 0) is 17.8 Å². The molecule has 3 aromatic rings. The topological polar surface area (TPSA) is 48.0 Å². The molecule has 0 bridgehead atoms. The first kappa shape index (κ1) is 20.7. The van der Waals surface area contributed by atoms with Crippen LogP contribution < -0.4 is 19.1 Å². The summed E-state index contributed by atoms with van der Waals surface area (Å²) in [6.07, 6.45) is 0.333. The van der Waals surface area contributed by atoms with E-state index in [4.69, 9.17) is 14.2 Å². The number of nitrogens with zero attached hydrogens (tertiary/aromatic N) is 1. The Morgan fingerprint density at radius 1 is 0.966 bits per heavy atom. The van der Waals surface area contributed by atoms with Crippen LogP contribution in [0.25, 0.3) is 0 Å². The first-order valence-electron chi connectivity index (χ1n) is 9.24. The van der Waals surface area contributed by atoms with Gasteiger partial charge in [0.15, 0.2) is 11.5 Å². The summed E-state index contributed by atoms with van der Waals surface area (Å²) < 4.78 is 16.4. The fourth-order valence-corrected chi connectivity index (χ4v) is 3.89. The zero-order chi connectivity index (χ0) is 20.8. The van der Waals surface area contributed by atoms with Crippen molar-refractivity contribution in [3.8, 4) is 17.2 Å². The van der Waals surface area contributed by atoms with E-state index in [1.54, 1.807) is 37.6 Å². The molecule has 0 unspecified atom stereocenters. The molecule has 3 rings (SSSR count). The van der Waals surface area contributed by atoms with Crippen LogP contribution in [0.5, 0.6) is 17.2 Å². The van der Waals surface area contributed by atoms with Gasteiger partial charge in [0.2, 0.25) is 11.7 Å². The largest absolute Gasteiger partial charge is 0.493 e. The predicted octanol–water partition coefficient (Wildman–Crippen LogP) is 4.86. The lowest BCUT2D eigenvalue weighted by Gasteiger charge is -2.25. The molecule has 29 heavy (non-hydrogen) atoms. The van der Waals surface area contributed by atoms with E-state index in [0.29, 0.717) is 35.9 Å². The second-order valence-corrected chi connectivity index (χ2v) is 7.64. The summed E-state index contributed by atoms with van der Waals surface area (Å²) in [4.78, 5) is 16.1. The molecule has 0 aliphatic carbocycles. The summed E-state index contributed by atoms with van der Waals surface area (Å²) in [5.41, 5.74) is 2.90. The van der Waals surface area contributed by atoms with Gasteiger partial charge in [0.05, 0.1) is 40.0 Å². The van der Waals surface area contributed by atoms with E-state index in [1.165, 1.54) is 0 Å². The van der Waals surface area contributed by atoms with Gasteiger partial charge in [-0.1, -0.05) is 35.9 Å². The number of anilines is 1. The highest BCUT2D eigenvalue weighted by Crippen LogP contribution is 2.41. The lowest BCUT2D eigenvalue weighted by atomic mass is 10.1. The molecule has 0 fully saturated rings. The summed E-state index contributed by atoms with van der Waals surface area (Å²) in [6.45, 7) is 2.49. The van der Waals surface area contributed by atoms with E-state index in [1.807, 2.05) is 54.8 Å². The van der Waals surface area contributed by atoms with Crippen LogP contribution in [-0.4, -0.2) is 27.2 Å². The van der Waals surface area contributed by atoms with Crippen molar-refractivity contribution in [3.05, 3.63) is 69.9 Å². The summed E-state index contributed by atoms with van der Waals surface area (Å²) >= 11 is 1.58. The second-order valence-electron chi connectivity index (χ2n) is 6.61. The number of carbonyl (C=O) groups is 1. The van der Waals surface area contributed by atoms with Crippen LogP contribution in [0.2, 0.25) is 0 Å². The maximum Gasteiger partial charge on any atom is 0.232 e. The maximum atomic E-state index is 13.3. The first-order valence-corrected chi connectivity index (χ1v) is 10.1. The van der Waals surface area contributed by atoms with Gasteiger partial charge in [-0.15, -0.1) is 11.3 Å². The molecule has 0 radical (unpaired) electrons. The molecule has 5 nitrogen and oxygen atoms in total. The standard InChI is InChI=1S/C23H25NO4S/c1-16-7-5-8-17(11-16)15-24(22(25)14-19-9-6-10-29-19)18-12-20(26-2)23(28-4)21(13-18)27-3/h5-13H,14-15H2,1-4H3. The molecule has 2 aromatic carbocycles. The van der Waals surface area contributed by atoms with E-state index in [2.05, 4.69) is 6.07 Å². The summed E-state index contributed by atoms with van der Waals surface area (Å²) in [7, 11) is 4.70. The Morgan fingerprint density at radius 3 is 2.24 bits per heavy atom. The van der Waals surface area contributed by atoms with Crippen LogP contribution in [0.1, 0.15) is 16.0 Å². The van der Waals surface area contributed by atoms with Crippen LogP contribution in [0.4, 0.5) is 5.69 Å². The third-order valence-electron chi connectivity index (χ3n) is 4.59. The molecular weight excluding hydrogens is 386 g/mol. The minimum absolute atomic E-state index is 0.00299. The van der Waals surface area contributed by atoms with Gasteiger partial charge in [0.1, 0.15) is 0 Å². The monoisotopic (exact) mass is 411 g/mol. The molecule has 1 heterocycles. The van der Waals surface area contributed by atoms with Crippen LogP contribution in [0.15, 0.2) is 53.9 Å². The molecule has 0 aliphatic rings. The molecule has 0 saturated carbocycles. The Balaban J connectivity index is 2.02. The third-order valence-corrected chi connectivity index (χ3v) is 5.47. The molecule has 0 N–H and O–H groups in total. The van der Waals surface area contributed by atoms with Gasteiger partial charge < -0.3 is 19.1 Å². The van der Waals surface area contributed by atoms with E-state index in [9.17, 15) is 4.79 Å². The Kier molecular flexibility index (Phi) is 6.77. The van der Waals surface area contributed by atoms with Gasteiger partial charge in [-0.3, -0.25) is 4.79 Å². The average molecular weight is 412 g/mol. The lowest BCUT2D eigenvalue weighted by molar-refractivity contribution is -0.118. The Bertz CT molecular complexity index is 944. The summed E-state index contributed by atoms with van der Waals surface area (Å²) in [5, 5.41) is 1.98. The first-order chi connectivity index (χ1) is 14.0. The molecule has 0 saturated heterocycles. The van der Waals surface area contributed by atoms with Crippen LogP contribution in [0.3, 0.4) is 0 Å². The highest BCUT2D eigenvalue weighted by Gasteiger charge is 2.22. The van der Waals surface area contributed by atoms with Crippen molar-refractivity contribution in [1.82, 2.24) is 0 Å². The Labute approximate surface area is 175 Å². The number of carbonyl (C=O) groups excluding carboxylic acids is 1. The number of rotatable bonds is 8. The Hall–Kier alpha value is -2.99. The van der Waals surface area contributed by atoms with Crippen molar-refractivity contribution in [2.24, 2.45) is 0 Å². The number of benzene rings is 2. The zero-order valence-corrected chi connectivity index (χ0v) is 17.9. The molecule has 6 heteroatoms. The number of hydrogen-bond acceptors (Lipinski definition) is 5. The second kappa shape index (κ2) is 9.47.